The number of amides is 2. The van der Waals surface area contributed by atoms with Crippen molar-refractivity contribution in [3.05, 3.63) is 0 Å². The highest BCUT2D eigenvalue weighted by atomic mass is 16.5. The van der Waals surface area contributed by atoms with Gasteiger partial charge in [0.2, 0.25) is 0 Å². The molecule has 16 heavy (non-hydrogen) atoms. The summed E-state index contributed by atoms with van der Waals surface area (Å²) >= 11 is 0. The number of urea groups is 1. The number of rotatable bonds is 4. The van der Waals surface area contributed by atoms with Gasteiger partial charge in [0, 0.05) is 13.2 Å². The Morgan fingerprint density at radius 3 is 2.88 bits per heavy atom. The first kappa shape index (κ1) is 12.8. The quantitative estimate of drug-likeness (QED) is 0.668. The van der Waals surface area contributed by atoms with Gasteiger partial charge in [-0.25, -0.2) is 9.59 Å². The van der Waals surface area contributed by atoms with Crippen molar-refractivity contribution < 1.29 is 19.1 Å². The Morgan fingerprint density at radius 1 is 1.56 bits per heavy atom. The third kappa shape index (κ3) is 4.06. The first-order chi connectivity index (χ1) is 7.63. The van der Waals surface area contributed by atoms with Crippen LogP contribution in [0.2, 0.25) is 0 Å². The minimum Gasteiger partial charge on any atom is -0.467 e. The van der Waals surface area contributed by atoms with Gasteiger partial charge in [-0.1, -0.05) is 0 Å². The molecule has 1 heterocycles. The third-order valence-electron chi connectivity index (χ3n) is 2.42. The molecule has 2 atom stereocenters. The number of carbonyl (C=O) groups is 2. The van der Waals surface area contributed by atoms with E-state index >= 15 is 0 Å². The van der Waals surface area contributed by atoms with E-state index in [-0.39, 0.29) is 12.1 Å². The SMILES string of the molecule is COC(=O)[C@H](C)NC(=O)NC[C@H]1CCCO1. The van der Waals surface area contributed by atoms with Crippen molar-refractivity contribution in [2.45, 2.75) is 31.9 Å². The molecule has 1 aliphatic rings. The van der Waals surface area contributed by atoms with Gasteiger partial charge in [0.25, 0.3) is 0 Å². The molecule has 0 saturated carbocycles. The van der Waals surface area contributed by atoms with Crippen LogP contribution in [0.5, 0.6) is 0 Å². The highest BCUT2D eigenvalue weighted by Gasteiger charge is 2.18. The van der Waals surface area contributed by atoms with E-state index in [9.17, 15) is 9.59 Å². The third-order valence-corrected chi connectivity index (χ3v) is 2.42. The van der Waals surface area contributed by atoms with Crippen LogP contribution in [0.4, 0.5) is 4.79 Å². The fourth-order valence-electron chi connectivity index (χ4n) is 1.50. The van der Waals surface area contributed by atoms with E-state index in [1.807, 2.05) is 0 Å². The van der Waals surface area contributed by atoms with Crippen molar-refractivity contribution >= 4 is 12.0 Å². The Labute approximate surface area is 94.7 Å². The van der Waals surface area contributed by atoms with Crippen LogP contribution in [-0.2, 0) is 14.3 Å². The molecule has 6 nitrogen and oxygen atoms in total. The summed E-state index contributed by atoms with van der Waals surface area (Å²) in [6.07, 6.45) is 2.10. The summed E-state index contributed by atoms with van der Waals surface area (Å²) in [6, 6.07) is -1.03. The highest BCUT2D eigenvalue weighted by Crippen LogP contribution is 2.10. The molecule has 0 unspecified atom stereocenters. The van der Waals surface area contributed by atoms with Crippen molar-refractivity contribution in [3.63, 3.8) is 0 Å². The molecule has 0 bridgehead atoms. The van der Waals surface area contributed by atoms with Crippen LogP contribution in [0.25, 0.3) is 0 Å². The monoisotopic (exact) mass is 230 g/mol. The normalized spacial score (nSPS) is 21.2. The lowest BCUT2D eigenvalue weighted by Crippen LogP contribution is -2.46. The topological polar surface area (TPSA) is 76.7 Å². The standard InChI is InChI=1S/C10H18N2O4/c1-7(9(13)15-2)12-10(14)11-6-8-4-3-5-16-8/h7-8H,3-6H2,1-2H3,(H2,11,12,14)/t7-,8+/m0/s1. The molecule has 92 valence electrons. The molecule has 0 radical (unpaired) electrons. The van der Waals surface area contributed by atoms with Crippen LogP contribution < -0.4 is 10.6 Å². The summed E-state index contributed by atoms with van der Waals surface area (Å²) in [4.78, 5) is 22.4. The molecule has 0 spiro atoms. The van der Waals surface area contributed by atoms with E-state index in [1.165, 1.54) is 7.11 Å². The van der Waals surface area contributed by atoms with E-state index < -0.39 is 12.0 Å². The van der Waals surface area contributed by atoms with Crippen LogP contribution in [0.1, 0.15) is 19.8 Å². The van der Waals surface area contributed by atoms with Crippen molar-refractivity contribution in [3.8, 4) is 0 Å². The molecule has 0 aliphatic carbocycles. The maximum atomic E-state index is 11.3. The average molecular weight is 230 g/mol. The maximum absolute atomic E-state index is 11.3. The lowest BCUT2D eigenvalue weighted by atomic mass is 10.2. The Balaban J connectivity index is 2.17. The van der Waals surface area contributed by atoms with Crippen molar-refractivity contribution in [2.75, 3.05) is 20.3 Å². The molecule has 2 N–H and O–H groups in total. The first-order valence-electron chi connectivity index (χ1n) is 5.37. The van der Waals surface area contributed by atoms with E-state index in [4.69, 9.17) is 4.74 Å². The number of ether oxygens (including phenoxy) is 2. The predicted octanol–water partition coefficient (Wildman–Crippen LogP) is 0.0261. The van der Waals surface area contributed by atoms with Gasteiger partial charge < -0.3 is 20.1 Å². The van der Waals surface area contributed by atoms with E-state index in [0.717, 1.165) is 19.4 Å². The maximum Gasteiger partial charge on any atom is 0.328 e. The Hall–Kier alpha value is -1.30. The molecule has 1 rings (SSSR count). The number of methoxy groups -OCH3 is 1. The summed E-state index contributed by atoms with van der Waals surface area (Å²) in [7, 11) is 1.28. The fraction of sp³-hybridized carbons (Fsp3) is 0.800. The predicted molar refractivity (Wildman–Crippen MR) is 57.0 cm³/mol. The van der Waals surface area contributed by atoms with E-state index in [1.54, 1.807) is 6.92 Å². The van der Waals surface area contributed by atoms with Gasteiger partial charge in [0.05, 0.1) is 13.2 Å². The van der Waals surface area contributed by atoms with Crippen LogP contribution in [0.3, 0.4) is 0 Å². The van der Waals surface area contributed by atoms with Crippen LogP contribution >= 0.6 is 0 Å². The molecule has 0 aromatic heterocycles. The molecule has 0 aromatic carbocycles. The molecule has 0 aromatic rings. The minimum atomic E-state index is -0.644. The van der Waals surface area contributed by atoms with Gasteiger partial charge >= 0.3 is 12.0 Å². The van der Waals surface area contributed by atoms with Gasteiger partial charge in [-0.15, -0.1) is 0 Å². The molecule has 1 fully saturated rings. The van der Waals surface area contributed by atoms with Gasteiger partial charge in [0.1, 0.15) is 6.04 Å². The Morgan fingerprint density at radius 2 is 2.31 bits per heavy atom. The number of nitrogens with one attached hydrogen (secondary N) is 2. The molecule has 6 heteroatoms. The molecule has 1 aliphatic heterocycles. The summed E-state index contributed by atoms with van der Waals surface area (Å²) < 4.78 is 9.83. The van der Waals surface area contributed by atoms with Crippen LogP contribution in [0, 0.1) is 0 Å². The Bertz CT molecular complexity index is 251. The summed E-state index contributed by atoms with van der Waals surface area (Å²) in [5.74, 6) is -0.465. The second-order valence-electron chi connectivity index (χ2n) is 3.73. The van der Waals surface area contributed by atoms with E-state index in [2.05, 4.69) is 15.4 Å². The van der Waals surface area contributed by atoms with Gasteiger partial charge in [-0.3, -0.25) is 0 Å². The van der Waals surface area contributed by atoms with Gasteiger partial charge in [0.15, 0.2) is 0 Å². The molecular weight excluding hydrogens is 212 g/mol. The number of carbonyl (C=O) groups excluding carboxylic acids is 2. The second-order valence-corrected chi connectivity index (χ2v) is 3.73. The zero-order valence-corrected chi connectivity index (χ0v) is 9.62. The number of hydrogen-bond donors (Lipinski definition) is 2. The summed E-state index contributed by atoms with van der Waals surface area (Å²) in [6.45, 7) is 2.80. The molecular formula is C10H18N2O4. The van der Waals surface area contributed by atoms with Gasteiger partial charge in [-0.05, 0) is 19.8 Å². The van der Waals surface area contributed by atoms with Crippen molar-refractivity contribution in [1.29, 1.82) is 0 Å². The first-order valence-corrected chi connectivity index (χ1v) is 5.37. The Kier molecular flexibility index (Phi) is 5.04. The van der Waals surface area contributed by atoms with Crippen LogP contribution in [0.15, 0.2) is 0 Å². The minimum absolute atomic E-state index is 0.0965. The molecule has 1 saturated heterocycles. The zero-order chi connectivity index (χ0) is 12.0. The largest absolute Gasteiger partial charge is 0.467 e. The molecule has 2 amide bonds. The number of esters is 1. The summed E-state index contributed by atoms with van der Waals surface area (Å²) in [5.41, 5.74) is 0. The van der Waals surface area contributed by atoms with Crippen molar-refractivity contribution in [1.82, 2.24) is 10.6 Å². The fourth-order valence-corrected chi connectivity index (χ4v) is 1.50. The number of hydrogen-bond acceptors (Lipinski definition) is 4. The average Bonchev–Trinajstić information content (AvgIpc) is 2.78. The summed E-state index contributed by atoms with van der Waals surface area (Å²) in [5, 5.41) is 5.13. The highest BCUT2D eigenvalue weighted by molar-refractivity contribution is 5.83. The zero-order valence-electron chi connectivity index (χ0n) is 9.62. The smallest absolute Gasteiger partial charge is 0.328 e. The van der Waals surface area contributed by atoms with E-state index in [0.29, 0.717) is 6.54 Å². The van der Waals surface area contributed by atoms with Crippen LogP contribution in [-0.4, -0.2) is 44.4 Å². The van der Waals surface area contributed by atoms with Crippen molar-refractivity contribution in [2.24, 2.45) is 0 Å². The second kappa shape index (κ2) is 6.32. The lowest BCUT2D eigenvalue weighted by molar-refractivity contribution is -0.142. The lowest BCUT2D eigenvalue weighted by Gasteiger charge is -2.14. The van der Waals surface area contributed by atoms with Gasteiger partial charge in [-0.2, -0.15) is 0 Å².